The topological polar surface area (TPSA) is 60.2 Å². The summed E-state index contributed by atoms with van der Waals surface area (Å²) in [6.07, 6.45) is 0. The lowest BCUT2D eigenvalue weighted by Gasteiger charge is -2.11. The highest BCUT2D eigenvalue weighted by atomic mass is 79.9. The van der Waals surface area contributed by atoms with Crippen molar-refractivity contribution in [3.05, 3.63) is 38.4 Å². The monoisotopic (exact) mass is 403 g/mol. The molecule has 1 aromatic heterocycles. The van der Waals surface area contributed by atoms with Crippen LogP contribution in [0.3, 0.4) is 0 Å². The number of hydrogen-bond acceptors (Lipinski definition) is 5. The fraction of sp³-hybridized carbons (Fsp3) is 0.385. The Balaban J connectivity index is 1.96. The van der Waals surface area contributed by atoms with E-state index in [4.69, 9.17) is 9.26 Å². The average Bonchev–Trinajstić information content (AvgIpc) is 2.80. The van der Waals surface area contributed by atoms with Crippen molar-refractivity contribution in [1.29, 1.82) is 0 Å². The number of ether oxygens (including phenoxy) is 1. The van der Waals surface area contributed by atoms with Crippen LogP contribution in [0.2, 0.25) is 0 Å². The largest absolute Gasteiger partial charge is 0.492 e. The highest BCUT2D eigenvalue weighted by molar-refractivity contribution is 9.11. The van der Waals surface area contributed by atoms with Crippen molar-refractivity contribution < 1.29 is 9.26 Å². The van der Waals surface area contributed by atoms with E-state index in [0.29, 0.717) is 31.4 Å². The van der Waals surface area contributed by atoms with Gasteiger partial charge in [0.1, 0.15) is 5.75 Å². The summed E-state index contributed by atoms with van der Waals surface area (Å²) in [6.45, 7) is 5.64. The number of nitrogens with one attached hydrogen (secondary N) is 1. The predicted octanol–water partition coefficient (Wildman–Crippen LogP) is 3.59. The SMILES string of the molecule is CCOc1c(Br)cc(CNCc2noc(C)n2)cc1Br. The molecule has 1 heterocycles. The molecule has 1 N–H and O–H groups in total. The van der Waals surface area contributed by atoms with Crippen LogP contribution >= 0.6 is 31.9 Å². The number of nitrogens with zero attached hydrogens (tertiary/aromatic N) is 2. The highest BCUT2D eigenvalue weighted by Gasteiger charge is 2.09. The standard InChI is InChI=1S/C13H15Br2N3O2/c1-3-19-13-10(14)4-9(5-11(13)15)6-16-7-12-17-8(2)20-18-12/h4-5,16H,3,6-7H2,1-2H3. The highest BCUT2D eigenvalue weighted by Crippen LogP contribution is 2.34. The van der Waals surface area contributed by atoms with Crippen LogP contribution in [-0.4, -0.2) is 16.7 Å². The molecule has 7 heteroatoms. The molecule has 0 spiro atoms. The van der Waals surface area contributed by atoms with E-state index in [1.165, 1.54) is 0 Å². The van der Waals surface area contributed by atoms with Crippen LogP contribution in [-0.2, 0) is 13.1 Å². The maximum Gasteiger partial charge on any atom is 0.223 e. The second-order valence-electron chi connectivity index (χ2n) is 4.15. The number of rotatable bonds is 6. The number of aryl methyl sites for hydroxylation is 1. The molecule has 0 aliphatic heterocycles. The van der Waals surface area contributed by atoms with Crippen molar-refractivity contribution in [1.82, 2.24) is 15.5 Å². The van der Waals surface area contributed by atoms with Crippen LogP contribution in [0.1, 0.15) is 24.2 Å². The zero-order chi connectivity index (χ0) is 14.5. The van der Waals surface area contributed by atoms with Crippen LogP contribution in [0.5, 0.6) is 5.75 Å². The molecule has 2 aromatic rings. The van der Waals surface area contributed by atoms with E-state index in [9.17, 15) is 0 Å². The molecule has 5 nitrogen and oxygen atoms in total. The minimum absolute atomic E-state index is 0.569. The van der Waals surface area contributed by atoms with Gasteiger partial charge in [-0.15, -0.1) is 0 Å². The van der Waals surface area contributed by atoms with E-state index >= 15 is 0 Å². The molecule has 1 aromatic carbocycles. The summed E-state index contributed by atoms with van der Waals surface area (Å²) in [6, 6.07) is 4.06. The summed E-state index contributed by atoms with van der Waals surface area (Å²) < 4.78 is 12.3. The molecule has 0 atom stereocenters. The van der Waals surface area contributed by atoms with Crippen molar-refractivity contribution >= 4 is 31.9 Å². The molecule has 0 radical (unpaired) electrons. The summed E-state index contributed by atoms with van der Waals surface area (Å²) in [5.74, 6) is 2.06. The molecule has 0 fully saturated rings. The normalized spacial score (nSPS) is 10.8. The third-order valence-corrected chi connectivity index (χ3v) is 3.71. The third-order valence-electron chi connectivity index (χ3n) is 2.53. The lowest BCUT2D eigenvalue weighted by atomic mass is 10.2. The first kappa shape index (κ1) is 15.5. The Morgan fingerprint density at radius 1 is 1.25 bits per heavy atom. The van der Waals surface area contributed by atoms with Gasteiger partial charge in [-0.25, -0.2) is 0 Å². The van der Waals surface area contributed by atoms with Gasteiger partial charge >= 0.3 is 0 Å². The second kappa shape index (κ2) is 7.19. The van der Waals surface area contributed by atoms with Crippen molar-refractivity contribution in [2.45, 2.75) is 26.9 Å². The van der Waals surface area contributed by atoms with Gasteiger partial charge in [-0.2, -0.15) is 4.98 Å². The molecular formula is C13H15Br2N3O2. The van der Waals surface area contributed by atoms with Gasteiger partial charge in [0, 0.05) is 13.5 Å². The Kier molecular flexibility index (Phi) is 5.56. The van der Waals surface area contributed by atoms with Crippen LogP contribution < -0.4 is 10.1 Å². The fourth-order valence-electron chi connectivity index (χ4n) is 1.73. The van der Waals surface area contributed by atoms with Gasteiger partial charge in [-0.05, 0) is 56.5 Å². The molecular weight excluding hydrogens is 390 g/mol. The summed E-state index contributed by atoms with van der Waals surface area (Å²) in [7, 11) is 0. The number of hydrogen-bond donors (Lipinski definition) is 1. The first-order chi connectivity index (χ1) is 9.60. The van der Waals surface area contributed by atoms with Gasteiger partial charge in [-0.1, -0.05) is 5.16 Å². The van der Waals surface area contributed by atoms with Crippen LogP contribution in [0.15, 0.2) is 25.6 Å². The zero-order valence-electron chi connectivity index (χ0n) is 11.2. The van der Waals surface area contributed by atoms with Crippen molar-refractivity contribution in [3.8, 4) is 5.75 Å². The molecule has 2 rings (SSSR count). The number of benzene rings is 1. The second-order valence-corrected chi connectivity index (χ2v) is 5.86. The molecule has 0 unspecified atom stereocenters. The van der Waals surface area contributed by atoms with E-state index < -0.39 is 0 Å². The molecule has 0 aliphatic carbocycles. The minimum atomic E-state index is 0.569. The lowest BCUT2D eigenvalue weighted by Crippen LogP contribution is -2.13. The minimum Gasteiger partial charge on any atom is -0.492 e. The summed E-state index contributed by atoms with van der Waals surface area (Å²) in [5, 5.41) is 7.10. The molecule has 0 saturated heterocycles. The van der Waals surface area contributed by atoms with E-state index in [0.717, 1.165) is 20.3 Å². The smallest absolute Gasteiger partial charge is 0.223 e. The average molecular weight is 405 g/mol. The number of halogens is 2. The third kappa shape index (κ3) is 4.04. The lowest BCUT2D eigenvalue weighted by molar-refractivity contribution is 0.336. The first-order valence-corrected chi connectivity index (χ1v) is 7.79. The van der Waals surface area contributed by atoms with E-state index in [1.807, 2.05) is 19.1 Å². The van der Waals surface area contributed by atoms with Crippen molar-refractivity contribution in [3.63, 3.8) is 0 Å². The molecule has 108 valence electrons. The molecule has 0 saturated carbocycles. The Morgan fingerprint density at radius 3 is 2.50 bits per heavy atom. The van der Waals surface area contributed by atoms with E-state index in [2.05, 4.69) is 47.3 Å². The molecule has 20 heavy (non-hydrogen) atoms. The first-order valence-electron chi connectivity index (χ1n) is 6.20. The Bertz CT molecular complexity index is 564. The number of aromatic nitrogens is 2. The zero-order valence-corrected chi connectivity index (χ0v) is 14.4. The van der Waals surface area contributed by atoms with Gasteiger partial charge in [0.2, 0.25) is 5.89 Å². The van der Waals surface area contributed by atoms with Gasteiger partial charge in [-0.3, -0.25) is 0 Å². The van der Waals surface area contributed by atoms with E-state index in [-0.39, 0.29) is 0 Å². The Labute approximate surface area is 134 Å². The summed E-state index contributed by atoms with van der Waals surface area (Å²) in [5.41, 5.74) is 1.13. The Morgan fingerprint density at radius 2 is 1.95 bits per heavy atom. The molecule has 0 bridgehead atoms. The summed E-state index contributed by atoms with van der Waals surface area (Å²) >= 11 is 7.03. The van der Waals surface area contributed by atoms with E-state index in [1.54, 1.807) is 6.92 Å². The molecule has 0 aliphatic rings. The molecule has 0 amide bonds. The predicted molar refractivity (Wildman–Crippen MR) is 82.6 cm³/mol. The van der Waals surface area contributed by atoms with Gasteiger partial charge in [0.05, 0.1) is 22.1 Å². The van der Waals surface area contributed by atoms with Gasteiger partial charge < -0.3 is 14.6 Å². The van der Waals surface area contributed by atoms with Crippen LogP contribution in [0.4, 0.5) is 0 Å². The van der Waals surface area contributed by atoms with Crippen molar-refractivity contribution in [2.75, 3.05) is 6.61 Å². The summed E-state index contributed by atoms with van der Waals surface area (Å²) in [4.78, 5) is 4.14. The quantitative estimate of drug-likeness (QED) is 0.797. The van der Waals surface area contributed by atoms with Crippen molar-refractivity contribution in [2.24, 2.45) is 0 Å². The van der Waals surface area contributed by atoms with Crippen LogP contribution in [0.25, 0.3) is 0 Å². The Hall–Kier alpha value is -0.920. The maximum atomic E-state index is 5.55. The van der Waals surface area contributed by atoms with Crippen LogP contribution in [0, 0.1) is 6.92 Å². The van der Waals surface area contributed by atoms with Gasteiger partial charge in [0.25, 0.3) is 0 Å². The van der Waals surface area contributed by atoms with Gasteiger partial charge in [0.15, 0.2) is 5.82 Å². The maximum absolute atomic E-state index is 5.55. The fourth-order valence-corrected chi connectivity index (χ4v) is 3.24.